The number of carbonyl (C=O) groups excluding carboxylic acids is 3. The van der Waals surface area contributed by atoms with Crippen molar-refractivity contribution in [2.24, 2.45) is 0 Å². The first kappa shape index (κ1) is 23.7. The minimum absolute atomic E-state index is 0.0188. The van der Waals surface area contributed by atoms with Crippen molar-refractivity contribution < 1.29 is 23.9 Å². The molecule has 2 aromatic carbocycles. The van der Waals surface area contributed by atoms with Crippen molar-refractivity contribution in [1.29, 1.82) is 0 Å². The standard InChI is InChI=1S/C25H21ClN2O5S/c1-3-10-33-23-19(26)11-16(12-20(23)32-2)13-21-24(30)28(25(31)34-21)15-22(29)27-9-8-17-6-4-5-7-18(17)14-27/h1,4-7,11-13H,8-10,14-15H2,2H3/b21-13-. The fraction of sp³-hybridized carbons (Fsp3) is 0.240. The van der Waals surface area contributed by atoms with Crippen LogP contribution >= 0.6 is 23.4 Å². The largest absolute Gasteiger partial charge is 0.493 e. The fourth-order valence-corrected chi connectivity index (χ4v) is 4.92. The van der Waals surface area contributed by atoms with Crippen LogP contribution in [0.4, 0.5) is 4.79 Å². The Bertz CT molecular complexity index is 1240. The molecule has 0 radical (unpaired) electrons. The summed E-state index contributed by atoms with van der Waals surface area (Å²) >= 11 is 7.07. The number of thioether (sulfide) groups is 1. The summed E-state index contributed by atoms with van der Waals surface area (Å²) in [5.74, 6) is 2.20. The molecule has 2 heterocycles. The molecule has 0 aliphatic carbocycles. The first-order valence-corrected chi connectivity index (χ1v) is 11.6. The van der Waals surface area contributed by atoms with Gasteiger partial charge in [-0.2, -0.15) is 0 Å². The van der Waals surface area contributed by atoms with E-state index in [9.17, 15) is 14.4 Å². The molecule has 0 unspecified atom stereocenters. The molecular formula is C25H21ClN2O5S. The second-order valence-corrected chi connectivity index (χ2v) is 9.03. The van der Waals surface area contributed by atoms with E-state index in [0.29, 0.717) is 30.2 Å². The molecule has 2 aliphatic heterocycles. The van der Waals surface area contributed by atoms with Gasteiger partial charge in [-0.1, -0.05) is 41.8 Å². The summed E-state index contributed by atoms with van der Waals surface area (Å²) in [6.07, 6.45) is 7.51. The summed E-state index contributed by atoms with van der Waals surface area (Å²) in [6.45, 7) is 0.736. The Hall–Kier alpha value is -3.41. The number of methoxy groups -OCH3 is 1. The Kier molecular flexibility index (Phi) is 7.15. The van der Waals surface area contributed by atoms with Crippen LogP contribution in [-0.4, -0.2) is 53.7 Å². The number of ether oxygens (including phenoxy) is 2. The zero-order valence-corrected chi connectivity index (χ0v) is 19.9. The zero-order chi connectivity index (χ0) is 24.2. The maximum absolute atomic E-state index is 12.9. The average Bonchev–Trinajstić information content (AvgIpc) is 3.09. The van der Waals surface area contributed by atoms with Crippen LogP contribution in [0.3, 0.4) is 0 Å². The molecule has 2 aromatic rings. The Labute approximate surface area is 206 Å². The van der Waals surface area contributed by atoms with E-state index >= 15 is 0 Å². The normalized spacial score (nSPS) is 16.4. The van der Waals surface area contributed by atoms with Gasteiger partial charge < -0.3 is 14.4 Å². The lowest BCUT2D eigenvalue weighted by Gasteiger charge is -2.29. The van der Waals surface area contributed by atoms with Crippen LogP contribution in [0.5, 0.6) is 11.5 Å². The summed E-state index contributed by atoms with van der Waals surface area (Å²) in [7, 11) is 1.46. The highest BCUT2D eigenvalue weighted by atomic mass is 35.5. The monoisotopic (exact) mass is 496 g/mol. The smallest absolute Gasteiger partial charge is 0.294 e. The molecule has 3 amide bonds. The molecule has 1 fully saturated rings. The van der Waals surface area contributed by atoms with Gasteiger partial charge in [-0.15, -0.1) is 6.42 Å². The van der Waals surface area contributed by atoms with Gasteiger partial charge in [-0.05, 0) is 53.1 Å². The minimum atomic E-state index is -0.525. The lowest BCUT2D eigenvalue weighted by Crippen LogP contribution is -2.44. The summed E-state index contributed by atoms with van der Waals surface area (Å²) in [6, 6.07) is 11.2. The minimum Gasteiger partial charge on any atom is -0.493 e. The van der Waals surface area contributed by atoms with Crippen LogP contribution in [0.1, 0.15) is 16.7 Å². The Morgan fingerprint density at radius 2 is 2.03 bits per heavy atom. The van der Waals surface area contributed by atoms with E-state index in [1.54, 1.807) is 17.0 Å². The molecular weight excluding hydrogens is 476 g/mol. The number of amides is 3. The molecule has 0 spiro atoms. The second-order valence-electron chi connectivity index (χ2n) is 7.63. The highest BCUT2D eigenvalue weighted by Gasteiger charge is 2.37. The number of halogens is 1. The maximum Gasteiger partial charge on any atom is 0.294 e. The van der Waals surface area contributed by atoms with Crippen molar-refractivity contribution in [2.45, 2.75) is 13.0 Å². The van der Waals surface area contributed by atoms with Gasteiger partial charge in [0.15, 0.2) is 11.5 Å². The van der Waals surface area contributed by atoms with E-state index in [4.69, 9.17) is 27.5 Å². The first-order valence-electron chi connectivity index (χ1n) is 10.4. The molecule has 0 saturated carbocycles. The number of imide groups is 1. The Morgan fingerprint density at radius 1 is 1.26 bits per heavy atom. The highest BCUT2D eigenvalue weighted by Crippen LogP contribution is 2.39. The SMILES string of the molecule is C#CCOc1c(Cl)cc(/C=C2\SC(=O)N(CC(=O)N3CCc4ccccc4C3)C2=O)cc1OC. The molecule has 0 bridgehead atoms. The number of fused-ring (bicyclic) bond motifs is 1. The van der Waals surface area contributed by atoms with Crippen molar-refractivity contribution in [2.75, 3.05) is 26.8 Å². The molecule has 9 heteroatoms. The molecule has 1 saturated heterocycles. The molecule has 7 nitrogen and oxygen atoms in total. The third-order valence-corrected chi connectivity index (χ3v) is 6.69. The summed E-state index contributed by atoms with van der Waals surface area (Å²) in [4.78, 5) is 41.2. The lowest BCUT2D eigenvalue weighted by atomic mass is 10.00. The van der Waals surface area contributed by atoms with Crippen molar-refractivity contribution >= 4 is 46.5 Å². The number of nitrogens with zero attached hydrogens (tertiary/aromatic N) is 2. The zero-order valence-electron chi connectivity index (χ0n) is 18.4. The van der Waals surface area contributed by atoms with E-state index in [1.807, 2.05) is 24.3 Å². The van der Waals surface area contributed by atoms with Crippen molar-refractivity contribution in [3.63, 3.8) is 0 Å². The molecule has 0 N–H and O–H groups in total. The van der Waals surface area contributed by atoms with Crippen LogP contribution in [0.25, 0.3) is 6.08 Å². The van der Waals surface area contributed by atoms with E-state index in [0.717, 1.165) is 28.6 Å². The first-order chi connectivity index (χ1) is 16.4. The van der Waals surface area contributed by atoms with Crippen molar-refractivity contribution in [3.8, 4) is 23.8 Å². The number of carbonyl (C=O) groups is 3. The van der Waals surface area contributed by atoms with Crippen LogP contribution in [0.2, 0.25) is 5.02 Å². The third kappa shape index (κ3) is 4.91. The molecule has 174 valence electrons. The van der Waals surface area contributed by atoms with Gasteiger partial charge in [0, 0.05) is 13.1 Å². The molecule has 0 aromatic heterocycles. The van der Waals surface area contributed by atoms with E-state index in [1.165, 1.54) is 18.7 Å². The molecule has 2 aliphatic rings. The van der Waals surface area contributed by atoms with Gasteiger partial charge in [0.2, 0.25) is 5.91 Å². The average molecular weight is 497 g/mol. The quantitative estimate of drug-likeness (QED) is 0.445. The van der Waals surface area contributed by atoms with Gasteiger partial charge >= 0.3 is 0 Å². The van der Waals surface area contributed by atoms with Crippen LogP contribution < -0.4 is 9.47 Å². The number of hydrogen-bond acceptors (Lipinski definition) is 6. The lowest BCUT2D eigenvalue weighted by molar-refractivity contribution is -0.136. The van der Waals surface area contributed by atoms with Gasteiger partial charge in [-0.3, -0.25) is 19.3 Å². The number of hydrogen-bond donors (Lipinski definition) is 0. The predicted octanol–water partition coefficient (Wildman–Crippen LogP) is 3.98. The highest BCUT2D eigenvalue weighted by molar-refractivity contribution is 8.18. The number of benzene rings is 2. The second kappa shape index (κ2) is 10.2. The van der Waals surface area contributed by atoms with Crippen LogP contribution in [0, 0.1) is 12.3 Å². The van der Waals surface area contributed by atoms with Gasteiger partial charge in [0.1, 0.15) is 13.2 Å². The van der Waals surface area contributed by atoms with Gasteiger partial charge in [0.25, 0.3) is 11.1 Å². The van der Waals surface area contributed by atoms with Crippen molar-refractivity contribution in [1.82, 2.24) is 9.80 Å². The maximum atomic E-state index is 12.9. The van der Waals surface area contributed by atoms with Gasteiger partial charge in [-0.25, -0.2) is 0 Å². The fourth-order valence-electron chi connectivity index (χ4n) is 3.81. The van der Waals surface area contributed by atoms with Crippen LogP contribution in [-0.2, 0) is 22.6 Å². The third-order valence-electron chi connectivity index (χ3n) is 5.50. The summed E-state index contributed by atoms with van der Waals surface area (Å²) in [5.41, 5.74) is 2.83. The Balaban J connectivity index is 1.48. The number of terminal acetylenes is 1. The number of rotatable bonds is 6. The molecule has 4 rings (SSSR count). The summed E-state index contributed by atoms with van der Waals surface area (Å²) < 4.78 is 10.7. The van der Waals surface area contributed by atoms with E-state index in [-0.39, 0.29) is 29.0 Å². The summed E-state index contributed by atoms with van der Waals surface area (Å²) in [5, 5.41) is -0.241. The van der Waals surface area contributed by atoms with Crippen LogP contribution in [0.15, 0.2) is 41.3 Å². The predicted molar refractivity (Wildman–Crippen MR) is 131 cm³/mol. The molecule has 34 heavy (non-hydrogen) atoms. The van der Waals surface area contributed by atoms with Gasteiger partial charge in [0.05, 0.1) is 17.0 Å². The van der Waals surface area contributed by atoms with E-state index < -0.39 is 11.1 Å². The topological polar surface area (TPSA) is 76.2 Å². The van der Waals surface area contributed by atoms with E-state index in [2.05, 4.69) is 5.92 Å². The van der Waals surface area contributed by atoms with Crippen molar-refractivity contribution in [3.05, 3.63) is 63.0 Å². The Morgan fingerprint density at radius 3 is 2.76 bits per heavy atom. The molecule has 0 atom stereocenters.